The van der Waals surface area contributed by atoms with Gasteiger partial charge in [-0.2, -0.15) is 0 Å². The summed E-state index contributed by atoms with van der Waals surface area (Å²) in [6, 6.07) is 9.61. The minimum Gasteiger partial charge on any atom is -0.506 e. The summed E-state index contributed by atoms with van der Waals surface area (Å²) < 4.78 is 0. The molecule has 0 bridgehead atoms. The maximum Gasteiger partial charge on any atom is 0.175 e. The van der Waals surface area contributed by atoms with E-state index in [0.717, 1.165) is 11.1 Å². The van der Waals surface area contributed by atoms with E-state index >= 15 is 0 Å². The van der Waals surface area contributed by atoms with Crippen LogP contribution in [-0.2, 0) is 18.3 Å². The van der Waals surface area contributed by atoms with Crippen LogP contribution in [0.1, 0.15) is 34.0 Å². The molecule has 0 saturated heterocycles. The number of phenolic OH excluding ortho intramolecular Hbond substituents is 1. The van der Waals surface area contributed by atoms with Gasteiger partial charge in [-0.05, 0) is 30.9 Å². The largest absolute Gasteiger partial charge is 0.506 e. The lowest BCUT2D eigenvalue weighted by Gasteiger charge is -2.22. The monoisotopic (exact) mass is 346 g/mol. The van der Waals surface area contributed by atoms with Crippen LogP contribution in [-0.4, -0.2) is 10.9 Å². The first-order valence-corrected chi connectivity index (χ1v) is 8.10. The molecule has 0 spiro atoms. The van der Waals surface area contributed by atoms with Crippen molar-refractivity contribution in [3.05, 3.63) is 75.3 Å². The molecule has 0 fully saturated rings. The van der Waals surface area contributed by atoms with Crippen molar-refractivity contribution in [3.63, 3.8) is 0 Å². The summed E-state index contributed by atoms with van der Waals surface area (Å²) >= 11 is 12.4. The van der Waals surface area contributed by atoms with Gasteiger partial charge in [0.15, 0.2) is 5.78 Å². The van der Waals surface area contributed by atoms with E-state index in [1.165, 1.54) is 0 Å². The third-order valence-electron chi connectivity index (χ3n) is 4.59. The summed E-state index contributed by atoms with van der Waals surface area (Å²) in [7, 11) is 0. The molecule has 0 aromatic heterocycles. The molecule has 118 valence electrons. The van der Waals surface area contributed by atoms with Crippen molar-refractivity contribution in [2.75, 3.05) is 0 Å². The standard InChI is InChI=1S/C19H16Cl2O2/c1-3-7-12-13-10-19(2,11-8-5-4-6-9-11)18(23)14(13)15(20)16(21)17(12)22/h3-6,8-9,22H,1,7,10H2,2H3. The maximum absolute atomic E-state index is 13.1. The molecule has 23 heavy (non-hydrogen) atoms. The first-order valence-electron chi connectivity index (χ1n) is 7.34. The van der Waals surface area contributed by atoms with Gasteiger partial charge in [0, 0.05) is 11.1 Å². The number of carbonyl (C=O) groups excluding carboxylic acids is 1. The van der Waals surface area contributed by atoms with Crippen LogP contribution >= 0.6 is 23.2 Å². The molecule has 0 radical (unpaired) electrons. The molecular weight excluding hydrogens is 331 g/mol. The highest BCUT2D eigenvalue weighted by Gasteiger charge is 2.46. The summed E-state index contributed by atoms with van der Waals surface area (Å²) in [5.74, 6) is -0.114. The summed E-state index contributed by atoms with van der Waals surface area (Å²) in [6.45, 7) is 5.62. The Morgan fingerprint density at radius 3 is 2.52 bits per heavy atom. The number of benzene rings is 2. The number of halogens is 2. The number of ketones is 1. The Kier molecular flexibility index (Phi) is 3.99. The molecule has 0 aliphatic heterocycles. The average Bonchev–Trinajstić information content (AvgIpc) is 2.83. The van der Waals surface area contributed by atoms with Crippen LogP contribution in [0.5, 0.6) is 5.75 Å². The lowest BCUT2D eigenvalue weighted by atomic mass is 9.79. The van der Waals surface area contributed by atoms with Gasteiger partial charge in [0.05, 0.1) is 10.4 Å². The predicted octanol–water partition coefficient (Wildman–Crippen LogP) is 5.12. The van der Waals surface area contributed by atoms with E-state index in [1.807, 2.05) is 37.3 Å². The highest BCUT2D eigenvalue weighted by molar-refractivity contribution is 6.45. The Bertz CT molecular complexity index is 812. The highest BCUT2D eigenvalue weighted by Crippen LogP contribution is 2.49. The predicted molar refractivity (Wildman–Crippen MR) is 93.9 cm³/mol. The van der Waals surface area contributed by atoms with Crippen LogP contribution in [0.15, 0.2) is 43.0 Å². The van der Waals surface area contributed by atoms with E-state index in [9.17, 15) is 9.90 Å². The molecular formula is C19H16Cl2O2. The van der Waals surface area contributed by atoms with Crippen LogP contribution in [0.2, 0.25) is 10.0 Å². The summed E-state index contributed by atoms with van der Waals surface area (Å²) in [4.78, 5) is 13.1. The minimum atomic E-state index is -0.708. The molecule has 2 nitrogen and oxygen atoms in total. The van der Waals surface area contributed by atoms with Gasteiger partial charge in [-0.25, -0.2) is 0 Å². The second kappa shape index (κ2) is 5.70. The van der Waals surface area contributed by atoms with Gasteiger partial charge in [-0.3, -0.25) is 4.79 Å². The molecule has 3 rings (SSSR count). The molecule has 1 unspecified atom stereocenters. The van der Waals surface area contributed by atoms with E-state index in [0.29, 0.717) is 24.0 Å². The van der Waals surface area contributed by atoms with Crippen molar-refractivity contribution >= 4 is 29.0 Å². The second-order valence-electron chi connectivity index (χ2n) is 6.01. The van der Waals surface area contributed by atoms with Crippen molar-refractivity contribution in [2.24, 2.45) is 0 Å². The summed E-state index contributed by atoms with van der Waals surface area (Å²) in [5, 5.41) is 10.5. The van der Waals surface area contributed by atoms with Crippen LogP contribution < -0.4 is 0 Å². The summed E-state index contributed by atoms with van der Waals surface area (Å²) in [5.41, 5.74) is 2.06. The van der Waals surface area contributed by atoms with Crippen molar-refractivity contribution < 1.29 is 9.90 Å². The Morgan fingerprint density at radius 2 is 1.91 bits per heavy atom. The number of Topliss-reactive ketones (excluding diaryl/α,β-unsaturated/α-hetero) is 1. The van der Waals surface area contributed by atoms with Gasteiger partial charge in [0.2, 0.25) is 0 Å². The number of allylic oxidation sites excluding steroid dienone is 1. The topological polar surface area (TPSA) is 37.3 Å². The second-order valence-corrected chi connectivity index (χ2v) is 6.76. The number of phenols is 1. The summed E-state index contributed by atoms with van der Waals surface area (Å²) in [6.07, 6.45) is 2.60. The van der Waals surface area contributed by atoms with Gasteiger partial charge in [0.1, 0.15) is 10.8 Å². The number of hydrogen-bond donors (Lipinski definition) is 1. The van der Waals surface area contributed by atoms with Crippen molar-refractivity contribution in [2.45, 2.75) is 25.2 Å². The molecule has 0 saturated carbocycles. The van der Waals surface area contributed by atoms with E-state index in [1.54, 1.807) is 6.08 Å². The normalized spacial score (nSPS) is 19.7. The van der Waals surface area contributed by atoms with Gasteiger partial charge < -0.3 is 5.11 Å². The van der Waals surface area contributed by atoms with Crippen LogP contribution in [0, 0.1) is 0 Å². The van der Waals surface area contributed by atoms with Gasteiger partial charge in [0.25, 0.3) is 0 Å². The molecule has 1 aliphatic carbocycles. The third-order valence-corrected chi connectivity index (χ3v) is 5.43. The van der Waals surface area contributed by atoms with Crippen LogP contribution in [0.25, 0.3) is 0 Å². The maximum atomic E-state index is 13.1. The van der Waals surface area contributed by atoms with E-state index in [4.69, 9.17) is 23.2 Å². The molecule has 1 atom stereocenters. The molecule has 1 N–H and O–H groups in total. The van der Waals surface area contributed by atoms with E-state index < -0.39 is 5.41 Å². The Labute approximate surface area is 145 Å². The first kappa shape index (κ1) is 16.1. The Morgan fingerprint density at radius 1 is 1.26 bits per heavy atom. The number of aromatic hydroxyl groups is 1. The number of rotatable bonds is 3. The Balaban J connectivity index is 2.25. The van der Waals surface area contributed by atoms with Crippen molar-refractivity contribution in [3.8, 4) is 5.75 Å². The Hall–Kier alpha value is -1.77. The minimum absolute atomic E-state index is 0.0351. The fraction of sp³-hybridized carbons (Fsp3) is 0.211. The fourth-order valence-electron chi connectivity index (χ4n) is 3.32. The van der Waals surface area contributed by atoms with Gasteiger partial charge >= 0.3 is 0 Å². The third kappa shape index (κ3) is 2.29. The first-order chi connectivity index (χ1) is 10.9. The van der Waals surface area contributed by atoms with Gasteiger partial charge in [-0.15, -0.1) is 6.58 Å². The van der Waals surface area contributed by atoms with Crippen LogP contribution in [0.3, 0.4) is 0 Å². The van der Waals surface area contributed by atoms with Crippen LogP contribution in [0.4, 0.5) is 0 Å². The molecule has 4 heteroatoms. The fourth-order valence-corrected chi connectivity index (χ4v) is 3.82. The molecule has 0 amide bonds. The number of fused-ring (bicyclic) bond motifs is 1. The lowest BCUT2D eigenvalue weighted by Crippen LogP contribution is -2.29. The van der Waals surface area contributed by atoms with E-state index in [-0.39, 0.29) is 21.6 Å². The van der Waals surface area contributed by atoms with E-state index in [2.05, 4.69) is 6.58 Å². The smallest absolute Gasteiger partial charge is 0.175 e. The number of hydrogen-bond acceptors (Lipinski definition) is 2. The quantitative estimate of drug-likeness (QED) is 0.782. The molecule has 2 aromatic rings. The zero-order chi connectivity index (χ0) is 16.8. The molecule has 0 heterocycles. The van der Waals surface area contributed by atoms with Gasteiger partial charge in [-0.1, -0.05) is 59.6 Å². The zero-order valence-electron chi connectivity index (χ0n) is 12.7. The number of carbonyl (C=O) groups is 1. The highest BCUT2D eigenvalue weighted by atomic mass is 35.5. The molecule has 2 aromatic carbocycles. The van der Waals surface area contributed by atoms with Crippen molar-refractivity contribution in [1.29, 1.82) is 0 Å². The zero-order valence-corrected chi connectivity index (χ0v) is 14.2. The van der Waals surface area contributed by atoms with Crippen molar-refractivity contribution in [1.82, 2.24) is 0 Å². The SMILES string of the molecule is C=CCc1c(O)c(Cl)c(Cl)c2c1CC(C)(c1ccccc1)C2=O. The molecule has 1 aliphatic rings. The lowest BCUT2D eigenvalue weighted by molar-refractivity contribution is 0.0915. The average molecular weight is 347 g/mol.